The van der Waals surface area contributed by atoms with E-state index >= 15 is 0 Å². The Morgan fingerprint density at radius 2 is 1.86 bits per heavy atom. The Hall–Kier alpha value is -3.02. The Morgan fingerprint density at radius 3 is 2.52 bits per heavy atom. The lowest BCUT2D eigenvalue weighted by Gasteiger charge is -2.26. The third-order valence-electron chi connectivity index (χ3n) is 5.53. The van der Waals surface area contributed by atoms with Crippen molar-refractivity contribution < 1.29 is 19.1 Å². The van der Waals surface area contributed by atoms with Gasteiger partial charge in [-0.15, -0.1) is 0 Å². The van der Waals surface area contributed by atoms with Gasteiger partial charge in [-0.1, -0.05) is 42.5 Å². The fourth-order valence-corrected chi connectivity index (χ4v) is 3.91. The smallest absolute Gasteiger partial charge is 0.228 e. The van der Waals surface area contributed by atoms with Crippen molar-refractivity contribution >= 4 is 11.8 Å². The summed E-state index contributed by atoms with van der Waals surface area (Å²) >= 11 is 0. The first-order valence-electron chi connectivity index (χ1n) is 9.75. The normalized spacial score (nSPS) is 17.2. The zero-order chi connectivity index (χ0) is 21.0. The Kier molecular flexibility index (Phi) is 6.42. The van der Waals surface area contributed by atoms with E-state index in [0.717, 1.165) is 11.1 Å². The van der Waals surface area contributed by atoms with E-state index in [1.807, 2.05) is 55.5 Å². The van der Waals surface area contributed by atoms with Gasteiger partial charge in [-0.2, -0.15) is 0 Å². The first-order valence-corrected chi connectivity index (χ1v) is 9.75. The lowest BCUT2D eigenvalue weighted by molar-refractivity contribution is -0.135. The number of para-hydroxylation sites is 1. The van der Waals surface area contributed by atoms with Gasteiger partial charge in [0.1, 0.15) is 0 Å². The first kappa shape index (κ1) is 20.7. The van der Waals surface area contributed by atoms with E-state index in [-0.39, 0.29) is 30.2 Å². The van der Waals surface area contributed by atoms with Gasteiger partial charge >= 0.3 is 0 Å². The first-order chi connectivity index (χ1) is 14.0. The highest BCUT2D eigenvalue weighted by molar-refractivity contribution is 5.89. The van der Waals surface area contributed by atoms with E-state index in [4.69, 9.17) is 9.47 Å². The number of hydrogen-bond donors (Lipinski definition) is 0. The van der Waals surface area contributed by atoms with Gasteiger partial charge in [0.2, 0.25) is 11.8 Å². The van der Waals surface area contributed by atoms with Crippen molar-refractivity contribution in [2.24, 2.45) is 5.92 Å². The fraction of sp³-hybridized carbons (Fsp3) is 0.391. The summed E-state index contributed by atoms with van der Waals surface area (Å²) in [7, 11) is 4.93. The van der Waals surface area contributed by atoms with E-state index in [9.17, 15) is 9.59 Å². The summed E-state index contributed by atoms with van der Waals surface area (Å²) in [4.78, 5) is 29.1. The van der Waals surface area contributed by atoms with Crippen LogP contribution in [0.5, 0.6) is 11.5 Å². The van der Waals surface area contributed by atoms with Crippen molar-refractivity contribution in [1.82, 2.24) is 9.80 Å². The van der Waals surface area contributed by atoms with Gasteiger partial charge in [0.05, 0.1) is 26.2 Å². The maximum atomic E-state index is 13.0. The van der Waals surface area contributed by atoms with Gasteiger partial charge < -0.3 is 19.3 Å². The second kappa shape index (κ2) is 8.99. The number of carbonyl (C=O) groups is 2. The summed E-state index contributed by atoms with van der Waals surface area (Å²) in [5.74, 6) is 0.898. The Morgan fingerprint density at radius 1 is 1.14 bits per heavy atom. The van der Waals surface area contributed by atoms with Crippen molar-refractivity contribution in [1.29, 1.82) is 0 Å². The fourth-order valence-electron chi connectivity index (χ4n) is 3.91. The lowest BCUT2D eigenvalue weighted by atomic mass is 10.1. The molecule has 3 rings (SSSR count). The molecule has 2 atom stereocenters. The highest BCUT2D eigenvalue weighted by Gasteiger charge is 2.38. The van der Waals surface area contributed by atoms with Gasteiger partial charge in [-0.05, 0) is 18.6 Å². The number of amides is 2. The molecule has 1 heterocycles. The quantitative estimate of drug-likeness (QED) is 0.721. The summed E-state index contributed by atoms with van der Waals surface area (Å²) in [6.07, 6.45) is 0.246. The van der Waals surface area contributed by atoms with Crippen molar-refractivity contribution in [2.45, 2.75) is 25.9 Å². The molecule has 0 spiro atoms. The number of benzene rings is 2. The zero-order valence-electron chi connectivity index (χ0n) is 17.4. The molecule has 0 N–H and O–H groups in total. The molecule has 0 aliphatic carbocycles. The topological polar surface area (TPSA) is 59.1 Å². The van der Waals surface area contributed by atoms with Gasteiger partial charge in [0, 0.05) is 32.1 Å². The van der Waals surface area contributed by atoms with Crippen LogP contribution in [0.1, 0.15) is 30.5 Å². The summed E-state index contributed by atoms with van der Waals surface area (Å²) in [5.41, 5.74) is 1.94. The molecule has 1 fully saturated rings. The predicted octanol–water partition coefficient (Wildman–Crippen LogP) is 3.27. The molecule has 2 aromatic rings. The van der Waals surface area contributed by atoms with Gasteiger partial charge in [0.25, 0.3) is 0 Å². The number of nitrogens with zero attached hydrogens (tertiary/aromatic N) is 2. The van der Waals surface area contributed by atoms with Gasteiger partial charge in [0.15, 0.2) is 11.5 Å². The molecule has 0 radical (unpaired) electrons. The minimum absolute atomic E-state index is 0.0204. The van der Waals surface area contributed by atoms with Crippen LogP contribution < -0.4 is 9.47 Å². The average molecular weight is 396 g/mol. The molecule has 29 heavy (non-hydrogen) atoms. The molecule has 6 heteroatoms. The van der Waals surface area contributed by atoms with E-state index < -0.39 is 0 Å². The largest absolute Gasteiger partial charge is 0.493 e. The number of carbonyl (C=O) groups excluding carboxylic acids is 2. The number of hydrogen-bond acceptors (Lipinski definition) is 4. The van der Waals surface area contributed by atoms with Gasteiger partial charge in [-0.3, -0.25) is 9.59 Å². The van der Waals surface area contributed by atoms with Gasteiger partial charge in [-0.25, -0.2) is 0 Å². The van der Waals surface area contributed by atoms with Crippen LogP contribution in [-0.2, 0) is 16.1 Å². The highest BCUT2D eigenvalue weighted by atomic mass is 16.5. The molecular formula is C23H28N2O4. The molecule has 1 aliphatic heterocycles. The monoisotopic (exact) mass is 396 g/mol. The summed E-state index contributed by atoms with van der Waals surface area (Å²) < 4.78 is 10.8. The number of likely N-dealkylation sites (tertiary alicyclic amines) is 1. The third kappa shape index (κ3) is 4.36. The van der Waals surface area contributed by atoms with Crippen LogP contribution in [-0.4, -0.2) is 49.4 Å². The van der Waals surface area contributed by atoms with Crippen LogP contribution in [0.25, 0.3) is 0 Å². The summed E-state index contributed by atoms with van der Waals surface area (Å²) in [5, 5.41) is 0. The Balaban J connectivity index is 1.69. The minimum Gasteiger partial charge on any atom is -0.493 e. The minimum atomic E-state index is -0.338. The molecule has 0 aromatic heterocycles. The van der Waals surface area contributed by atoms with E-state index in [1.54, 1.807) is 31.1 Å². The molecular weight excluding hydrogens is 368 g/mol. The summed E-state index contributed by atoms with van der Waals surface area (Å²) in [6.45, 7) is 2.83. The molecule has 1 aliphatic rings. The van der Waals surface area contributed by atoms with Crippen molar-refractivity contribution in [3.05, 3.63) is 59.7 Å². The molecule has 2 amide bonds. The van der Waals surface area contributed by atoms with Crippen molar-refractivity contribution in [3.8, 4) is 11.5 Å². The predicted molar refractivity (Wildman–Crippen MR) is 111 cm³/mol. The maximum absolute atomic E-state index is 13.0. The summed E-state index contributed by atoms with van der Waals surface area (Å²) in [6, 6.07) is 15.5. The van der Waals surface area contributed by atoms with Crippen LogP contribution in [0.3, 0.4) is 0 Å². The van der Waals surface area contributed by atoms with Crippen LogP contribution in [0, 0.1) is 5.92 Å². The molecule has 0 bridgehead atoms. The molecule has 0 saturated carbocycles. The van der Waals surface area contributed by atoms with Crippen LogP contribution in [0.2, 0.25) is 0 Å². The third-order valence-corrected chi connectivity index (χ3v) is 5.53. The maximum Gasteiger partial charge on any atom is 0.228 e. The van der Waals surface area contributed by atoms with Crippen LogP contribution >= 0.6 is 0 Å². The van der Waals surface area contributed by atoms with Crippen LogP contribution in [0.15, 0.2) is 48.5 Å². The van der Waals surface area contributed by atoms with Crippen LogP contribution in [0.4, 0.5) is 0 Å². The molecule has 1 saturated heterocycles. The zero-order valence-corrected chi connectivity index (χ0v) is 17.4. The number of ether oxygens (including phenoxy) is 2. The Bertz CT molecular complexity index is 868. The average Bonchev–Trinajstić information content (AvgIpc) is 3.14. The van der Waals surface area contributed by atoms with Crippen molar-refractivity contribution in [2.75, 3.05) is 27.8 Å². The standard InChI is InChI=1S/C23H28N2O4/c1-16(17-9-6-5-7-10-17)25-15-19(13-21(25)26)23(27)24(2)14-18-11-8-12-20(28-3)22(18)29-4/h5-12,16,19H,13-15H2,1-4H3/t16-,19-/m1/s1. The van der Waals surface area contributed by atoms with E-state index in [2.05, 4.69) is 0 Å². The van der Waals surface area contributed by atoms with Crippen molar-refractivity contribution in [3.63, 3.8) is 0 Å². The highest BCUT2D eigenvalue weighted by Crippen LogP contribution is 2.33. The number of rotatable bonds is 7. The second-order valence-corrected chi connectivity index (χ2v) is 7.38. The Labute approximate surface area is 172 Å². The molecule has 2 aromatic carbocycles. The number of methoxy groups -OCH3 is 2. The lowest BCUT2D eigenvalue weighted by Crippen LogP contribution is -2.35. The molecule has 6 nitrogen and oxygen atoms in total. The molecule has 0 unspecified atom stereocenters. The SMILES string of the molecule is COc1cccc(CN(C)C(=O)[C@@H]2CC(=O)N([C@H](C)c3ccccc3)C2)c1OC. The van der Waals surface area contributed by atoms with E-state index in [1.165, 1.54) is 0 Å². The molecule has 154 valence electrons. The van der Waals surface area contributed by atoms with E-state index in [0.29, 0.717) is 24.6 Å². The second-order valence-electron chi connectivity index (χ2n) is 7.38.